The number of carbonyl (C=O) groups is 1. The highest BCUT2D eigenvalue weighted by Crippen LogP contribution is 2.22. The third kappa shape index (κ3) is 3.80. The minimum Gasteiger partial charge on any atom is -0.352 e. The van der Waals surface area contributed by atoms with E-state index in [0.717, 1.165) is 11.0 Å². The highest BCUT2D eigenvalue weighted by Gasteiger charge is 2.14. The Morgan fingerprint density at radius 1 is 1.35 bits per heavy atom. The molecule has 1 N–H and O–H groups in total. The Morgan fingerprint density at radius 2 is 2.12 bits per heavy atom. The summed E-state index contributed by atoms with van der Waals surface area (Å²) in [5, 5.41) is 3.00. The van der Waals surface area contributed by atoms with Crippen LogP contribution in [0.4, 0.5) is 0 Å². The molecule has 3 nitrogen and oxygen atoms in total. The van der Waals surface area contributed by atoms with E-state index < -0.39 is 0 Å². The molecule has 1 heterocycles. The van der Waals surface area contributed by atoms with Crippen molar-refractivity contribution in [3.63, 3.8) is 0 Å². The molecule has 1 aliphatic rings. The van der Waals surface area contributed by atoms with Gasteiger partial charge in [-0.3, -0.25) is 9.78 Å². The Hall–Kier alpha value is -0.900. The largest absolute Gasteiger partial charge is 0.352 e. The summed E-state index contributed by atoms with van der Waals surface area (Å²) in [6, 6.07) is 1.79. The van der Waals surface area contributed by atoms with Gasteiger partial charge in [0.2, 0.25) is 0 Å². The highest BCUT2D eigenvalue weighted by molar-refractivity contribution is 9.10. The second-order valence-corrected chi connectivity index (χ2v) is 5.52. The molecule has 0 radical (unpaired) electrons. The molecular formula is C13H17BrN2O. The molecule has 0 atom stereocenters. The Bertz CT molecular complexity index is 389. The lowest BCUT2D eigenvalue weighted by atomic mass is 9.89. The number of halogens is 1. The van der Waals surface area contributed by atoms with Crippen LogP contribution in [-0.2, 0) is 0 Å². The predicted molar refractivity (Wildman–Crippen MR) is 70.8 cm³/mol. The van der Waals surface area contributed by atoms with E-state index in [9.17, 15) is 4.79 Å². The number of nitrogens with one attached hydrogen (secondary N) is 1. The van der Waals surface area contributed by atoms with E-state index in [4.69, 9.17) is 0 Å². The normalized spacial score (nSPS) is 16.8. The first-order chi connectivity index (χ1) is 8.25. The zero-order chi connectivity index (χ0) is 12.1. The van der Waals surface area contributed by atoms with Gasteiger partial charge in [-0.1, -0.05) is 19.3 Å². The molecule has 0 aliphatic heterocycles. The zero-order valence-corrected chi connectivity index (χ0v) is 11.4. The minimum absolute atomic E-state index is 0.0237. The van der Waals surface area contributed by atoms with Crippen LogP contribution in [0.2, 0.25) is 0 Å². The molecule has 1 aromatic heterocycles. The molecule has 0 bridgehead atoms. The first-order valence-electron chi connectivity index (χ1n) is 6.14. The van der Waals surface area contributed by atoms with Gasteiger partial charge in [-0.05, 0) is 40.8 Å². The van der Waals surface area contributed by atoms with Gasteiger partial charge in [-0.2, -0.15) is 0 Å². The molecule has 92 valence electrons. The van der Waals surface area contributed by atoms with Crippen molar-refractivity contribution in [3.8, 4) is 0 Å². The number of nitrogens with zero attached hydrogens (tertiary/aromatic N) is 1. The summed E-state index contributed by atoms with van der Waals surface area (Å²) in [6.45, 7) is 0.797. The average Bonchev–Trinajstić information content (AvgIpc) is 2.37. The van der Waals surface area contributed by atoms with Gasteiger partial charge in [0.25, 0.3) is 5.91 Å². The van der Waals surface area contributed by atoms with Crippen LogP contribution in [-0.4, -0.2) is 17.4 Å². The number of rotatable bonds is 3. The Kier molecular flexibility index (Phi) is 4.54. The van der Waals surface area contributed by atoms with Crippen molar-refractivity contribution in [3.05, 3.63) is 28.5 Å². The van der Waals surface area contributed by atoms with Gasteiger partial charge in [0.05, 0.1) is 5.56 Å². The van der Waals surface area contributed by atoms with Gasteiger partial charge in [0, 0.05) is 23.4 Å². The summed E-state index contributed by atoms with van der Waals surface area (Å²) in [5.74, 6) is 0.636. The first kappa shape index (κ1) is 12.6. The maximum atomic E-state index is 11.9. The fourth-order valence-corrected chi connectivity index (χ4v) is 2.63. The molecule has 2 rings (SSSR count). The number of amides is 1. The van der Waals surface area contributed by atoms with Crippen molar-refractivity contribution >= 4 is 21.8 Å². The Morgan fingerprint density at radius 3 is 2.82 bits per heavy atom. The molecule has 1 aromatic rings. The summed E-state index contributed by atoms with van der Waals surface area (Å²) in [5.41, 5.74) is 0.621. The number of hydrogen-bond donors (Lipinski definition) is 1. The van der Waals surface area contributed by atoms with Gasteiger partial charge in [0.1, 0.15) is 0 Å². The molecule has 1 aliphatic carbocycles. The van der Waals surface area contributed by atoms with Crippen molar-refractivity contribution < 1.29 is 4.79 Å². The lowest BCUT2D eigenvalue weighted by Gasteiger charge is -2.21. The number of hydrogen-bond acceptors (Lipinski definition) is 2. The summed E-state index contributed by atoms with van der Waals surface area (Å²) >= 11 is 3.32. The van der Waals surface area contributed by atoms with Crippen LogP contribution in [0.15, 0.2) is 22.9 Å². The van der Waals surface area contributed by atoms with E-state index >= 15 is 0 Å². The lowest BCUT2D eigenvalue weighted by molar-refractivity contribution is 0.0943. The van der Waals surface area contributed by atoms with E-state index in [1.165, 1.54) is 32.1 Å². The molecular weight excluding hydrogens is 280 g/mol. The van der Waals surface area contributed by atoms with Crippen LogP contribution in [0.3, 0.4) is 0 Å². The SMILES string of the molecule is O=C(NCC1CCCCC1)c1cncc(Br)c1. The standard InChI is InChI=1S/C13H17BrN2O/c14-12-6-11(8-15-9-12)13(17)16-7-10-4-2-1-3-5-10/h6,8-10H,1-5,7H2,(H,16,17). The van der Waals surface area contributed by atoms with E-state index in [1.54, 1.807) is 18.5 Å². The maximum absolute atomic E-state index is 11.9. The second kappa shape index (κ2) is 6.15. The minimum atomic E-state index is -0.0237. The summed E-state index contributed by atoms with van der Waals surface area (Å²) in [6.07, 6.45) is 9.73. The Labute approximate surface area is 110 Å². The zero-order valence-electron chi connectivity index (χ0n) is 9.79. The van der Waals surface area contributed by atoms with Crippen LogP contribution in [0.5, 0.6) is 0 Å². The van der Waals surface area contributed by atoms with Crippen molar-refractivity contribution in [1.82, 2.24) is 10.3 Å². The third-order valence-corrected chi connectivity index (χ3v) is 3.68. The van der Waals surface area contributed by atoms with Gasteiger partial charge < -0.3 is 5.32 Å². The van der Waals surface area contributed by atoms with Crippen molar-refractivity contribution in [2.24, 2.45) is 5.92 Å². The highest BCUT2D eigenvalue weighted by atomic mass is 79.9. The number of pyridine rings is 1. The van der Waals surface area contributed by atoms with Gasteiger partial charge >= 0.3 is 0 Å². The van der Waals surface area contributed by atoms with E-state index in [2.05, 4.69) is 26.2 Å². The fourth-order valence-electron chi connectivity index (χ4n) is 2.27. The van der Waals surface area contributed by atoms with Crippen LogP contribution in [0.1, 0.15) is 42.5 Å². The molecule has 0 saturated heterocycles. The molecule has 1 amide bonds. The van der Waals surface area contributed by atoms with Crippen molar-refractivity contribution in [1.29, 1.82) is 0 Å². The van der Waals surface area contributed by atoms with Crippen LogP contribution >= 0.6 is 15.9 Å². The van der Waals surface area contributed by atoms with E-state index in [1.807, 2.05) is 0 Å². The summed E-state index contributed by atoms with van der Waals surface area (Å²) in [4.78, 5) is 15.9. The molecule has 0 aromatic carbocycles. The van der Waals surface area contributed by atoms with Gasteiger partial charge in [-0.25, -0.2) is 0 Å². The predicted octanol–water partition coefficient (Wildman–Crippen LogP) is 3.15. The van der Waals surface area contributed by atoms with Crippen molar-refractivity contribution in [2.75, 3.05) is 6.54 Å². The molecule has 1 fully saturated rings. The van der Waals surface area contributed by atoms with Crippen LogP contribution < -0.4 is 5.32 Å². The van der Waals surface area contributed by atoms with Gasteiger partial charge in [0.15, 0.2) is 0 Å². The Balaban J connectivity index is 1.84. The first-order valence-corrected chi connectivity index (χ1v) is 6.94. The van der Waals surface area contributed by atoms with E-state index in [-0.39, 0.29) is 5.91 Å². The molecule has 1 saturated carbocycles. The van der Waals surface area contributed by atoms with Crippen LogP contribution in [0, 0.1) is 5.92 Å². The fraction of sp³-hybridized carbons (Fsp3) is 0.538. The average molecular weight is 297 g/mol. The van der Waals surface area contributed by atoms with Crippen molar-refractivity contribution in [2.45, 2.75) is 32.1 Å². The second-order valence-electron chi connectivity index (χ2n) is 4.61. The molecule has 17 heavy (non-hydrogen) atoms. The molecule has 0 spiro atoms. The summed E-state index contributed by atoms with van der Waals surface area (Å²) < 4.78 is 0.836. The topological polar surface area (TPSA) is 42.0 Å². The summed E-state index contributed by atoms with van der Waals surface area (Å²) in [7, 11) is 0. The third-order valence-electron chi connectivity index (χ3n) is 3.24. The number of carbonyl (C=O) groups excluding carboxylic acids is 1. The smallest absolute Gasteiger partial charge is 0.252 e. The molecule has 0 unspecified atom stereocenters. The lowest BCUT2D eigenvalue weighted by Crippen LogP contribution is -2.30. The number of aromatic nitrogens is 1. The monoisotopic (exact) mass is 296 g/mol. The maximum Gasteiger partial charge on any atom is 0.252 e. The van der Waals surface area contributed by atoms with Gasteiger partial charge in [-0.15, -0.1) is 0 Å². The quantitative estimate of drug-likeness (QED) is 0.931. The molecule has 4 heteroatoms. The van der Waals surface area contributed by atoms with E-state index in [0.29, 0.717) is 11.5 Å². The van der Waals surface area contributed by atoms with Crippen LogP contribution in [0.25, 0.3) is 0 Å².